The van der Waals surface area contributed by atoms with Crippen LogP contribution in [0.1, 0.15) is 28.8 Å². The van der Waals surface area contributed by atoms with E-state index in [9.17, 15) is 14.4 Å². The second kappa shape index (κ2) is 7.83. The summed E-state index contributed by atoms with van der Waals surface area (Å²) in [6.07, 6.45) is 0.795. The summed E-state index contributed by atoms with van der Waals surface area (Å²) in [5, 5.41) is 5.39. The molecule has 1 unspecified atom stereocenters. The Morgan fingerprint density at radius 2 is 1.86 bits per heavy atom. The highest BCUT2D eigenvalue weighted by Gasteiger charge is 2.36. The second-order valence-electron chi connectivity index (χ2n) is 6.91. The number of carbonyl (C=O) groups is 3. The molecule has 29 heavy (non-hydrogen) atoms. The van der Waals surface area contributed by atoms with Gasteiger partial charge >= 0.3 is 0 Å². The lowest BCUT2D eigenvalue weighted by Crippen LogP contribution is -2.41. The average molecular weight is 395 g/mol. The lowest BCUT2D eigenvalue weighted by Gasteiger charge is -2.24. The molecule has 8 nitrogen and oxygen atoms in total. The van der Waals surface area contributed by atoms with Gasteiger partial charge in [-0.25, -0.2) is 0 Å². The summed E-state index contributed by atoms with van der Waals surface area (Å²) < 4.78 is 10.7. The number of nitrogens with zero attached hydrogens (tertiary/aromatic N) is 1. The Kier molecular flexibility index (Phi) is 5.07. The maximum Gasteiger partial charge on any atom is 0.251 e. The van der Waals surface area contributed by atoms with Crippen molar-refractivity contribution < 1.29 is 23.9 Å². The molecule has 2 aromatic rings. The van der Waals surface area contributed by atoms with Crippen LogP contribution in [-0.4, -0.2) is 42.5 Å². The van der Waals surface area contributed by atoms with E-state index in [2.05, 4.69) is 10.6 Å². The SMILES string of the molecule is CNC(=O)c1ccc(NC(=O)C2CCC(=O)N2Cc2ccc3c(c2)OCO3)cc1. The lowest BCUT2D eigenvalue weighted by atomic mass is 10.1. The predicted molar refractivity (Wildman–Crippen MR) is 105 cm³/mol. The van der Waals surface area contributed by atoms with Crippen molar-refractivity contribution in [2.24, 2.45) is 0 Å². The van der Waals surface area contributed by atoms with Crippen LogP contribution in [0, 0.1) is 0 Å². The molecule has 0 aliphatic carbocycles. The minimum absolute atomic E-state index is 0.0576. The first kappa shape index (κ1) is 18.8. The number of ether oxygens (including phenoxy) is 2. The van der Waals surface area contributed by atoms with Gasteiger partial charge in [-0.1, -0.05) is 6.07 Å². The molecule has 0 aromatic heterocycles. The highest BCUT2D eigenvalue weighted by atomic mass is 16.7. The van der Waals surface area contributed by atoms with Crippen molar-refractivity contribution >= 4 is 23.4 Å². The van der Waals surface area contributed by atoms with Crippen LogP contribution in [0.25, 0.3) is 0 Å². The smallest absolute Gasteiger partial charge is 0.251 e. The van der Waals surface area contributed by atoms with E-state index in [1.165, 1.54) is 0 Å². The van der Waals surface area contributed by atoms with Gasteiger partial charge in [-0.15, -0.1) is 0 Å². The van der Waals surface area contributed by atoms with E-state index in [-0.39, 0.29) is 24.5 Å². The molecule has 2 heterocycles. The van der Waals surface area contributed by atoms with Crippen LogP contribution < -0.4 is 20.1 Å². The molecule has 1 fully saturated rings. The van der Waals surface area contributed by atoms with Gasteiger partial charge in [0.2, 0.25) is 18.6 Å². The van der Waals surface area contributed by atoms with Crippen LogP contribution in [0.15, 0.2) is 42.5 Å². The van der Waals surface area contributed by atoms with Gasteiger partial charge in [0.05, 0.1) is 0 Å². The van der Waals surface area contributed by atoms with Crippen molar-refractivity contribution in [1.82, 2.24) is 10.2 Å². The number of fused-ring (bicyclic) bond motifs is 1. The third kappa shape index (κ3) is 3.87. The Labute approximate surface area is 167 Å². The fourth-order valence-electron chi connectivity index (χ4n) is 3.52. The standard InChI is InChI=1S/C21H21N3O5/c1-22-20(26)14-3-5-15(6-4-14)23-21(27)16-7-9-19(25)24(16)11-13-2-8-17-18(10-13)29-12-28-17/h2-6,8,10,16H,7,9,11-12H2,1H3,(H,22,26)(H,23,27). The van der Waals surface area contributed by atoms with E-state index in [0.717, 1.165) is 5.56 Å². The number of amides is 3. The molecule has 0 bridgehead atoms. The van der Waals surface area contributed by atoms with E-state index >= 15 is 0 Å². The Hall–Kier alpha value is -3.55. The van der Waals surface area contributed by atoms with Crippen molar-refractivity contribution in [2.75, 3.05) is 19.2 Å². The summed E-state index contributed by atoms with van der Waals surface area (Å²) in [4.78, 5) is 38.4. The molecule has 2 N–H and O–H groups in total. The van der Waals surface area contributed by atoms with Crippen molar-refractivity contribution in [2.45, 2.75) is 25.4 Å². The van der Waals surface area contributed by atoms with Crippen molar-refractivity contribution in [1.29, 1.82) is 0 Å². The van der Waals surface area contributed by atoms with E-state index in [0.29, 0.717) is 42.1 Å². The Morgan fingerprint density at radius 1 is 1.10 bits per heavy atom. The number of hydrogen-bond donors (Lipinski definition) is 2. The third-order valence-electron chi connectivity index (χ3n) is 5.06. The fourth-order valence-corrected chi connectivity index (χ4v) is 3.52. The van der Waals surface area contributed by atoms with Crippen LogP contribution in [-0.2, 0) is 16.1 Å². The minimum atomic E-state index is -0.550. The molecule has 2 aliphatic rings. The maximum atomic E-state index is 12.8. The molecule has 1 saturated heterocycles. The summed E-state index contributed by atoms with van der Waals surface area (Å²) in [6.45, 7) is 0.508. The topological polar surface area (TPSA) is 97.0 Å². The van der Waals surface area contributed by atoms with E-state index in [1.807, 2.05) is 12.1 Å². The maximum absolute atomic E-state index is 12.8. The van der Waals surface area contributed by atoms with Crippen LogP contribution >= 0.6 is 0 Å². The molecular weight excluding hydrogens is 374 g/mol. The van der Waals surface area contributed by atoms with E-state index in [4.69, 9.17) is 9.47 Å². The van der Waals surface area contributed by atoms with Crippen molar-refractivity contribution in [3.63, 3.8) is 0 Å². The number of anilines is 1. The quantitative estimate of drug-likeness (QED) is 0.806. The zero-order valence-corrected chi connectivity index (χ0v) is 15.9. The lowest BCUT2D eigenvalue weighted by molar-refractivity contribution is -0.133. The zero-order chi connectivity index (χ0) is 20.4. The molecule has 2 aliphatic heterocycles. The van der Waals surface area contributed by atoms with Crippen LogP contribution in [0.5, 0.6) is 11.5 Å². The minimum Gasteiger partial charge on any atom is -0.454 e. The summed E-state index contributed by atoms with van der Waals surface area (Å²) in [5.74, 6) is 0.823. The molecule has 8 heteroatoms. The number of benzene rings is 2. The highest BCUT2D eigenvalue weighted by Crippen LogP contribution is 2.33. The Morgan fingerprint density at radius 3 is 2.62 bits per heavy atom. The van der Waals surface area contributed by atoms with Gasteiger partial charge in [-0.3, -0.25) is 14.4 Å². The van der Waals surface area contributed by atoms with E-state index < -0.39 is 6.04 Å². The number of carbonyl (C=O) groups excluding carboxylic acids is 3. The largest absolute Gasteiger partial charge is 0.454 e. The van der Waals surface area contributed by atoms with Gasteiger partial charge in [-0.2, -0.15) is 0 Å². The molecule has 1 atom stereocenters. The van der Waals surface area contributed by atoms with Crippen LogP contribution in [0.3, 0.4) is 0 Å². The zero-order valence-electron chi connectivity index (χ0n) is 15.9. The number of likely N-dealkylation sites (tertiary alicyclic amines) is 1. The molecule has 0 spiro atoms. The van der Waals surface area contributed by atoms with Gasteiger partial charge in [-0.05, 0) is 48.4 Å². The third-order valence-corrected chi connectivity index (χ3v) is 5.06. The molecule has 150 valence electrons. The molecule has 0 radical (unpaired) electrons. The highest BCUT2D eigenvalue weighted by molar-refractivity contribution is 5.99. The summed E-state index contributed by atoms with van der Waals surface area (Å²) >= 11 is 0. The van der Waals surface area contributed by atoms with Crippen molar-refractivity contribution in [3.8, 4) is 11.5 Å². The summed E-state index contributed by atoms with van der Waals surface area (Å²) in [7, 11) is 1.56. The molecule has 2 aromatic carbocycles. The predicted octanol–water partition coefficient (Wildman–Crippen LogP) is 1.90. The van der Waals surface area contributed by atoms with Gasteiger partial charge < -0.3 is 25.0 Å². The van der Waals surface area contributed by atoms with E-state index in [1.54, 1.807) is 42.3 Å². The van der Waals surface area contributed by atoms with Gasteiger partial charge in [0.15, 0.2) is 11.5 Å². The average Bonchev–Trinajstić information content (AvgIpc) is 3.34. The number of rotatable bonds is 5. The molecular formula is C21H21N3O5. The second-order valence-corrected chi connectivity index (χ2v) is 6.91. The number of hydrogen-bond acceptors (Lipinski definition) is 5. The Balaban J connectivity index is 1.44. The monoisotopic (exact) mass is 395 g/mol. The van der Waals surface area contributed by atoms with Gasteiger partial charge in [0.25, 0.3) is 5.91 Å². The van der Waals surface area contributed by atoms with Gasteiger partial charge in [0, 0.05) is 31.3 Å². The summed E-state index contributed by atoms with van der Waals surface area (Å²) in [5.41, 5.74) is 1.95. The fraction of sp³-hybridized carbons (Fsp3) is 0.286. The first-order chi connectivity index (χ1) is 14.0. The van der Waals surface area contributed by atoms with Crippen molar-refractivity contribution in [3.05, 3.63) is 53.6 Å². The number of nitrogens with one attached hydrogen (secondary N) is 2. The molecule has 4 rings (SSSR count). The molecule has 3 amide bonds. The van der Waals surface area contributed by atoms with Crippen LogP contribution in [0.2, 0.25) is 0 Å². The summed E-state index contributed by atoms with van der Waals surface area (Å²) in [6, 6.07) is 11.6. The Bertz CT molecular complexity index is 957. The first-order valence-electron chi connectivity index (χ1n) is 9.36. The normalized spacial score (nSPS) is 17.3. The molecule has 0 saturated carbocycles. The first-order valence-corrected chi connectivity index (χ1v) is 9.36. The van der Waals surface area contributed by atoms with Gasteiger partial charge in [0.1, 0.15) is 6.04 Å². The van der Waals surface area contributed by atoms with Crippen LogP contribution in [0.4, 0.5) is 5.69 Å².